The highest BCUT2D eigenvalue weighted by Gasteiger charge is 2.40. The molecule has 6 nitrogen and oxygen atoms in total. The lowest BCUT2D eigenvalue weighted by atomic mass is 9.83. The van der Waals surface area contributed by atoms with Crippen LogP contribution in [0.5, 0.6) is 0 Å². The molecule has 2 aromatic carbocycles. The highest BCUT2D eigenvalue weighted by atomic mass is 35.5. The molecule has 0 saturated carbocycles. The molecule has 1 aliphatic rings. The Morgan fingerprint density at radius 1 is 1.00 bits per heavy atom. The molecule has 1 aliphatic heterocycles. The third kappa shape index (κ3) is 8.79. The van der Waals surface area contributed by atoms with Crippen LogP contribution >= 0.6 is 11.6 Å². The minimum Gasteiger partial charge on any atom is -0.369 e. The average molecular weight is 604 g/mol. The largest absolute Gasteiger partial charge is 0.389 e. The number of fused-ring (bicyclic) bond motifs is 1. The quantitative estimate of drug-likeness (QED) is 0.356. The lowest BCUT2D eigenvalue weighted by Gasteiger charge is -2.26. The second kappa shape index (κ2) is 12.6. The number of alkyl halides is 6. The fourth-order valence-electron chi connectivity index (χ4n) is 4.89. The summed E-state index contributed by atoms with van der Waals surface area (Å²) in [7, 11) is 0. The summed E-state index contributed by atoms with van der Waals surface area (Å²) in [6.45, 7) is 3.68. The number of amides is 2. The lowest BCUT2D eigenvalue weighted by Crippen LogP contribution is -2.47. The molecule has 0 spiro atoms. The topological polar surface area (TPSA) is 102 Å². The number of rotatable bonds is 9. The molecule has 0 saturated heterocycles. The minimum atomic E-state index is -4.77. The van der Waals surface area contributed by atoms with Gasteiger partial charge in [0, 0.05) is 47.2 Å². The number of nitrogens with one attached hydrogen (secondary N) is 1. The van der Waals surface area contributed by atoms with Crippen LogP contribution in [0.4, 0.5) is 26.3 Å². The molecule has 2 aromatic rings. The van der Waals surface area contributed by atoms with Crippen LogP contribution in [0.25, 0.3) is 0 Å². The molecule has 1 heterocycles. The van der Waals surface area contributed by atoms with Gasteiger partial charge in [0.2, 0.25) is 11.8 Å². The van der Waals surface area contributed by atoms with Crippen molar-refractivity contribution >= 4 is 34.9 Å². The fraction of sp³-hybridized carbons (Fsp3) is 0.429. The number of ketones is 1. The van der Waals surface area contributed by atoms with E-state index in [1.165, 1.54) is 0 Å². The number of nitrogens with two attached hydrogens (primary N) is 1. The van der Waals surface area contributed by atoms with Crippen LogP contribution in [-0.4, -0.2) is 41.8 Å². The summed E-state index contributed by atoms with van der Waals surface area (Å²) in [4.78, 5) is 43.1. The Balaban J connectivity index is 2.04. The summed E-state index contributed by atoms with van der Waals surface area (Å²) >= 11 is 6.39. The molecule has 41 heavy (non-hydrogen) atoms. The number of aryl methyl sites for hydroxylation is 2. The molecule has 0 aromatic heterocycles. The van der Waals surface area contributed by atoms with Gasteiger partial charge in [0.15, 0.2) is 11.9 Å². The molecule has 0 radical (unpaired) electrons. The molecule has 0 aliphatic carbocycles. The van der Waals surface area contributed by atoms with Crippen molar-refractivity contribution in [2.45, 2.75) is 64.5 Å². The Morgan fingerprint density at radius 3 is 2.10 bits per heavy atom. The van der Waals surface area contributed by atoms with Gasteiger partial charge in [-0.3, -0.25) is 19.4 Å². The van der Waals surface area contributed by atoms with Crippen molar-refractivity contribution in [3.63, 3.8) is 0 Å². The van der Waals surface area contributed by atoms with E-state index in [4.69, 9.17) is 17.3 Å². The van der Waals surface area contributed by atoms with Crippen molar-refractivity contribution in [3.8, 4) is 0 Å². The van der Waals surface area contributed by atoms with Crippen LogP contribution in [0.2, 0.25) is 5.02 Å². The summed E-state index contributed by atoms with van der Waals surface area (Å²) in [5.41, 5.74) is 8.76. The van der Waals surface area contributed by atoms with Crippen LogP contribution in [0.15, 0.2) is 41.4 Å². The van der Waals surface area contributed by atoms with E-state index in [1.807, 2.05) is 19.9 Å². The van der Waals surface area contributed by atoms with Crippen LogP contribution in [-0.2, 0) is 20.8 Å². The van der Waals surface area contributed by atoms with Crippen molar-refractivity contribution in [1.29, 1.82) is 0 Å². The maximum atomic E-state index is 13.3. The first-order valence-electron chi connectivity index (χ1n) is 12.7. The molecule has 3 rings (SSSR count). The molecule has 2 amide bonds. The van der Waals surface area contributed by atoms with Crippen LogP contribution in [0, 0.1) is 25.7 Å². The molecule has 0 bridgehead atoms. The van der Waals surface area contributed by atoms with Gasteiger partial charge in [-0.15, -0.1) is 0 Å². The number of carbonyl (C=O) groups is 3. The predicted octanol–water partition coefficient (Wildman–Crippen LogP) is 5.76. The Kier molecular flexibility index (Phi) is 9.89. The van der Waals surface area contributed by atoms with Crippen molar-refractivity contribution in [2.75, 3.05) is 0 Å². The number of primary amides is 1. The number of aliphatic imine (C=N–C) groups is 1. The summed E-state index contributed by atoms with van der Waals surface area (Å²) in [6, 6.07) is 10.4. The van der Waals surface area contributed by atoms with E-state index in [0.717, 1.165) is 11.1 Å². The van der Waals surface area contributed by atoms with Gasteiger partial charge in [0.25, 0.3) is 0 Å². The molecule has 0 unspecified atom stereocenters. The zero-order valence-corrected chi connectivity index (χ0v) is 22.9. The van der Waals surface area contributed by atoms with Crippen molar-refractivity contribution in [3.05, 3.63) is 69.2 Å². The van der Waals surface area contributed by atoms with E-state index in [2.05, 4.69) is 10.3 Å². The predicted molar refractivity (Wildman–Crippen MR) is 140 cm³/mol. The van der Waals surface area contributed by atoms with E-state index >= 15 is 0 Å². The number of hydrogen-bond donors (Lipinski definition) is 2. The average Bonchev–Trinajstić information content (AvgIpc) is 2.96. The second-order valence-electron chi connectivity index (χ2n) is 10.1. The summed E-state index contributed by atoms with van der Waals surface area (Å²) in [6.07, 6.45) is -16.5. The Labute approximate surface area is 237 Å². The van der Waals surface area contributed by atoms with E-state index in [1.54, 1.807) is 30.3 Å². The van der Waals surface area contributed by atoms with Gasteiger partial charge in [0.1, 0.15) is 0 Å². The van der Waals surface area contributed by atoms with E-state index < -0.39 is 73.6 Å². The number of nitrogens with zero attached hydrogens (tertiary/aromatic N) is 1. The second-order valence-corrected chi connectivity index (χ2v) is 10.5. The van der Waals surface area contributed by atoms with Crippen molar-refractivity contribution < 1.29 is 40.7 Å². The minimum absolute atomic E-state index is 0.254. The molecule has 0 fully saturated rings. The van der Waals surface area contributed by atoms with Crippen LogP contribution in [0.3, 0.4) is 0 Å². The normalized spacial score (nSPS) is 17.2. The molecule has 13 heteroatoms. The van der Waals surface area contributed by atoms with Crippen molar-refractivity contribution in [2.24, 2.45) is 22.6 Å². The fourth-order valence-corrected chi connectivity index (χ4v) is 5.13. The van der Waals surface area contributed by atoms with E-state index in [9.17, 15) is 40.7 Å². The highest BCUT2D eigenvalue weighted by Crippen LogP contribution is 2.33. The van der Waals surface area contributed by atoms with Gasteiger partial charge in [-0.1, -0.05) is 40.9 Å². The zero-order chi connectivity index (χ0) is 30.7. The maximum Gasteiger partial charge on any atom is 0.389 e. The van der Waals surface area contributed by atoms with Gasteiger partial charge in [-0.25, -0.2) is 0 Å². The zero-order valence-electron chi connectivity index (χ0n) is 22.1. The first kappa shape index (κ1) is 32.1. The standard InChI is InChI=1S/C28H28ClF6N3O3/c1-14-10-15(2)12-16(11-14)23-17-4-3-5-21(29)20(17)13-22(39)25(37-23)38-26(41)19(7-9-28(33,34)35)18(24(36)40)6-8-27(30,31)32/h3-5,10-12,18-19,25H,6-9,13H2,1-2H3,(H2,36,40)(H,38,41)/t18-,19+,25+/m0/s1. The number of carbonyl (C=O) groups excluding carboxylic acids is 3. The summed E-state index contributed by atoms with van der Waals surface area (Å²) in [5, 5.41) is 2.54. The van der Waals surface area contributed by atoms with Gasteiger partial charge >= 0.3 is 12.4 Å². The monoisotopic (exact) mass is 603 g/mol. The summed E-state index contributed by atoms with van der Waals surface area (Å²) < 4.78 is 77.9. The highest BCUT2D eigenvalue weighted by molar-refractivity contribution is 6.32. The lowest BCUT2D eigenvalue weighted by molar-refractivity contribution is -0.152. The summed E-state index contributed by atoms with van der Waals surface area (Å²) in [5.74, 6) is -7.01. The van der Waals surface area contributed by atoms with Crippen LogP contribution < -0.4 is 11.1 Å². The number of Topliss-reactive ketones (excluding diaryl/α,β-unsaturated/α-hetero) is 1. The SMILES string of the molecule is Cc1cc(C)cc(C2=N[C@H](NC(=O)[C@H](CCC(F)(F)F)[C@H](CCC(F)(F)F)C(N)=O)C(=O)Cc3c(Cl)cccc32)c1. The molecule has 222 valence electrons. The first-order chi connectivity index (χ1) is 18.9. The van der Waals surface area contributed by atoms with E-state index in [0.29, 0.717) is 16.7 Å². The van der Waals surface area contributed by atoms with E-state index in [-0.39, 0.29) is 17.2 Å². The van der Waals surface area contributed by atoms with Crippen LogP contribution in [0.1, 0.15) is 53.5 Å². The Morgan fingerprint density at radius 2 is 1.56 bits per heavy atom. The number of hydrogen-bond acceptors (Lipinski definition) is 4. The molecule has 3 N–H and O–H groups in total. The molecular formula is C28H28ClF6N3O3. The first-order valence-corrected chi connectivity index (χ1v) is 13.0. The molecular weight excluding hydrogens is 576 g/mol. The number of benzene rings is 2. The third-order valence-corrected chi connectivity index (χ3v) is 7.08. The molecule has 3 atom stereocenters. The van der Waals surface area contributed by atoms with Gasteiger partial charge in [-0.2, -0.15) is 26.3 Å². The van der Waals surface area contributed by atoms with Gasteiger partial charge in [0.05, 0.1) is 5.71 Å². The smallest absolute Gasteiger partial charge is 0.369 e. The Hall–Kier alpha value is -3.41. The Bertz CT molecular complexity index is 1340. The van der Waals surface area contributed by atoms with Crippen molar-refractivity contribution in [1.82, 2.24) is 5.32 Å². The van der Waals surface area contributed by atoms with Gasteiger partial charge in [-0.05, 0) is 50.5 Å². The van der Waals surface area contributed by atoms with Gasteiger partial charge < -0.3 is 11.1 Å². The maximum absolute atomic E-state index is 13.3. The third-order valence-electron chi connectivity index (χ3n) is 6.73. The number of halogens is 7.